The number of hydroxylamine groups is 2. The van der Waals surface area contributed by atoms with Crippen LogP contribution in [0.1, 0.15) is 73.7 Å². The van der Waals surface area contributed by atoms with Gasteiger partial charge in [-0.05, 0) is 44.7 Å². The number of carboxylic acid groups (broad SMARTS) is 2. The number of amides is 7. The summed E-state index contributed by atoms with van der Waals surface area (Å²) in [6.45, 7) is 0.872. The highest BCUT2D eigenvalue weighted by Crippen LogP contribution is 2.12. The molecule has 2 rings (SSSR count). The highest BCUT2D eigenvalue weighted by atomic mass is 16.7. The first-order valence-electron chi connectivity index (χ1n) is 17.8. The van der Waals surface area contributed by atoms with Gasteiger partial charge in [-0.1, -0.05) is 17.7 Å². The van der Waals surface area contributed by atoms with Crippen molar-refractivity contribution in [2.45, 2.75) is 76.8 Å². The fourth-order valence-corrected chi connectivity index (χ4v) is 4.85. The van der Waals surface area contributed by atoms with Crippen LogP contribution in [0.3, 0.4) is 0 Å². The normalized spacial score (nSPS) is 13.3. The van der Waals surface area contributed by atoms with E-state index in [0.717, 1.165) is 5.56 Å². The van der Waals surface area contributed by atoms with Crippen LogP contribution in [-0.2, 0) is 57.5 Å². The van der Waals surface area contributed by atoms with E-state index in [9.17, 15) is 53.1 Å². The van der Waals surface area contributed by atoms with E-state index >= 15 is 0 Å². The smallest absolute Gasteiger partial charge is 0.335 e. The van der Waals surface area contributed by atoms with Gasteiger partial charge in [0.05, 0.1) is 45.9 Å². The number of unbranched alkanes of at least 4 members (excludes halogenated alkanes) is 1. The first-order valence-corrected chi connectivity index (χ1v) is 17.8. The average molecular weight is 793 g/mol. The zero-order valence-electron chi connectivity index (χ0n) is 30.9. The third kappa shape index (κ3) is 18.9. The molecule has 7 N–H and O–H groups in total. The lowest BCUT2D eigenvalue weighted by Gasteiger charge is -2.19. The third-order valence-electron chi connectivity index (χ3n) is 7.78. The van der Waals surface area contributed by atoms with E-state index in [4.69, 9.17) is 19.4 Å². The number of aryl methyl sites for hydroxylation is 1. The standard InChI is InChI=1S/C35H48N6O15/c1-22-5-4-6-23(19-22)33(50)36-14-3-2-7-25(35(52)53)40-28(44)21-38-34(51)24(8-11-31(47)48)39-27(43)20-37-26(42)12-15-54-17-18-55-16-13-32(49)56-41-29(45)9-10-30(41)46/h4-6,19,24-25H,2-3,7-18,20-21H2,1H3,(H,36,50)(H,37,42)(H,38,51)(H,39,43)(H,40,44)(H,47,48)(H,52,53). The van der Waals surface area contributed by atoms with E-state index in [2.05, 4.69) is 26.6 Å². The Bertz CT molecular complexity index is 1570. The van der Waals surface area contributed by atoms with E-state index in [1.165, 1.54) is 0 Å². The van der Waals surface area contributed by atoms with Gasteiger partial charge in [-0.25, -0.2) is 9.59 Å². The molecule has 1 aromatic carbocycles. The molecule has 0 bridgehead atoms. The third-order valence-corrected chi connectivity index (χ3v) is 7.78. The van der Waals surface area contributed by atoms with Gasteiger partial charge in [0.1, 0.15) is 12.1 Å². The highest BCUT2D eigenvalue weighted by molar-refractivity contribution is 6.01. The van der Waals surface area contributed by atoms with Crippen molar-refractivity contribution in [2.24, 2.45) is 0 Å². The molecule has 0 spiro atoms. The maximum absolute atomic E-state index is 12.8. The van der Waals surface area contributed by atoms with Crippen molar-refractivity contribution in [2.75, 3.05) is 46.1 Å². The Morgan fingerprint density at radius 2 is 1.36 bits per heavy atom. The molecule has 2 atom stereocenters. The van der Waals surface area contributed by atoms with Crippen molar-refractivity contribution >= 4 is 59.3 Å². The molecule has 1 heterocycles. The second-order valence-electron chi connectivity index (χ2n) is 12.4. The van der Waals surface area contributed by atoms with E-state index < -0.39 is 84.9 Å². The van der Waals surface area contributed by atoms with E-state index in [1.54, 1.807) is 18.2 Å². The molecule has 1 fully saturated rings. The summed E-state index contributed by atoms with van der Waals surface area (Å²) < 4.78 is 10.5. The minimum Gasteiger partial charge on any atom is -0.481 e. The number of imide groups is 1. The van der Waals surface area contributed by atoms with Crippen LogP contribution in [0.5, 0.6) is 0 Å². The number of hydrogen-bond acceptors (Lipinski definition) is 13. The van der Waals surface area contributed by atoms with E-state index in [0.29, 0.717) is 23.5 Å². The van der Waals surface area contributed by atoms with Crippen molar-refractivity contribution in [3.8, 4) is 0 Å². The minimum atomic E-state index is -1.40. The molecular weight excluding hydrogens is 744 g/mol. The quantitative estimate of drug-likeness (QED) is 0.0393. The number of aliphatic carboxylic acids is 2. The maximum atomic E-state index is 12.8. The molecule has 1 aliphatic heterocycles. The lowest BCUT2D eigenvalue weighted by atomic mass is 10.1. The molecule has 21 nitrogen and oxygen atoms in total. The largest absolute Gasteiger partial charge is 0.481 e. The van der Waals surface area contributed by atoms with Crippen LogP contribution in [0.4, 0.5) is 0 Å². The molecule has 1 saturated heterocycles. The summed E-state index contributed by atoms with van der Waals surface area (Å²) in [5.74, 6) is -8.03. The molecule has 7 amide bonds. The van der Waals surface area contributed by atoms with E-state index in [1.807, 2.05) is 13.0 Å². The van der Waals surface area contributed by atoms with Crippen molar-refractivity contribution < 1.29 is 72.5 Å². The number of carboxylic acids is 2. The summed E-state index contributed by atoms with van der Waals surface area (Å²) in [4.78, 5) is 124. The van der Waals surface area contributed by atoms with Gasteiger partial charge in [0.2, 0.25) is 23.6 Å². The molecule has 56 heavy (non-hydrogen) atoms. The van der Waals surface area contributed by atoms with Crippen LogP contribution < -0.4 is 26.6 Å². The maximum Gasteiger partial charge on any atom is 0.335 e. The summed E-state index contributed by atoms with van der Waals surface area (Å²) in [6.07, 6.45) is -0.473. The lowest BCUT2D eigenvalue weighted by molar-refractivity contribution is -0.198. The Labute approximate surface area is 321 Å². The number of nitrogens with one attached hydrogen (secondary N) is 5. The lowest BCUT2D eigenvalue weighted by Crippen LogP contribution is -2.52. The van der Waals surface area contributed by atoms with Crippen LogP contribution in [-0.4, -0.2) is 133 Å². The number of carbonyl (C=O) groups excluding carboxylic acids is 8. The van der Waals surface area contributed by atoms with Gasteiger partial charge in [-0.3, -0.25) is 38.4 Å². The second kappa shape index (κ2) is 25.2. The molecule has 2 unspecified atom stereocenters. The number of nitrogens with zero attached hydrogens (tertiary/aromatic N) is 1. The summed E-state index contributed by atoms with van der Waals surface area (Å²) in [5, 5.41) is 30.9. The highest BCUT2D eigenvalue weighted by Gasteiger charge is 2.32. The average Bonchev–Trinajstić information content (AvgIpc) is 3.46. The number of hydrogen-bond donors (Lipinski definition) is 7. The van der Waals surface area contributed by atoms with Crippen LogP contribution >= 0.6 is 0 Å². The predicted octanol–water partition coefficient (Wildman–Crippen LogP) is -1.53. The molecule has 0 radical (unpaired) electrons. The molecule has 0 aromatic heterocycles. The number of benzene rings is 1. The summed E-state index contributed by atoms with van der Waals surface area (Å²) in [5.41, 5.74) is 1.42. The topological polar surface area (TPSA) is 302 Å². The minimum absolute atomic E-state index is 0.0216. The zero-order valence-corrected chi connectivity index (χ0v) is 30.9. The van der Waals surface area contributed by atoms with Crippen LogP contribution in [0, 0.1) is 6.92 Å². The molecule has 1 aromatic rings. The van der Waals surface area contributed by atoms with Crippen molar-refractivity contribution in [3.05, 3.63) is 35.4 Å². The molecular formula is C35H48N6O15. The first-order chi connectivity index (χ1) is 26.7. The van der Waals surface area contributed by atoms with Gasteiger partial charge in [0.25, 0.3) is 17.7 Å². The van der Waals surface area contributed by atoms with Crippen molar-refractivity contribution in [3.63, 3.8) is 0 Å². The van der Waals surface area contributed by atoms with Gasteiger partial charge in [-0.15, -0.1) is 5.06 Å². The molecule has 0 aliphatic carbocycles. The van der Waals surface area contributed by atoms with Gasteiger partial charge in [-0.2, -0.15) is 0 Å². The first kappa shape index (κ1) is 46.2. The fourth-order valence-electron chi connectivity index (χ4n) is 4.85. The van der Waals surface area contributed by atoms with Crippen molar-refractivity contribution in [1.29, 1.82) is 0 Å². The summed E-state index contributed by atoms with van der Waals surface area (Å²) in [6, 6.07) is 4.33. The Hall–Kier alpha value is -5.96. The number of carbonyl (C=O) groups is 10. The monoisotopic (exact) mass is 792 g/mol. The van der Waals surface area contributed by atoms with Crippen LogP contribution in [0.2, 0.25) is 0 Å². The van der Waals surface area contributed by atoms with Gasteiger partial charge < -0.3 is 51.1 Å². The Balaban J connectivity index is 1.63. The Morgan fingerprint density at radius 3 is 1.98 bits per heavy atom. The summed E-state index contributed by atoms with van der Waals surface area (Å²) >= 11 is 0. The predicted molar refractivity (Wildman–Crippen MR) is 190 cm³/mol. The molecule has 308 valence electrons. The molecule has 1 aliphatic rings. The van der Waals surface area contributed by atoms with E-state index in [-0.39, 0.29) is 77.4 Å². The van der Waals surface area contributed by atoms with Gasteiger partial charge in [0, 0.05) is 37.8 Å². The fraction of sp³-hybridized carbons (Fsp3) is 0.543. The van der Waals surface area contributed by atoms with Gasteiger partial charge >= 0.3 is 17.9 Å². The number of rotatable bonds is 27. The molecule has 0 saturated carbocycles. The Morgan fingerprint density at radius 1 is 0.732 bits per heavy atom. The Kier molecular flexibility index (Phi) is 20.8. The number of ether oxygens (including phenoxy) is 2. The van der Waals surface area contributed by atoms with Crippen LogP contribution in [0.25, 0.3) is 0 Å². The van der Waals surface area contributed by atoms with Crippen LogP contribution in [0.15, 0.2) is 24.3 Å². The summed E-state index contributed by atoms with van der Waals surface area (Å²) in [7, 11) is 0. The SMILES string of the molecule is Cc1cccc(C(=O)NCCCCC(NC(=O)CNC(=O)C(CCC(=O)O)NC(=O)CNC(=O)CCOCCOCCC(=O)ON2C(=O)CCC2=O)C(=O)O)c1. The van der Waals surface area contributed by atoms with Crippen molar-refractivity contribution in [1.82, 2.24) is 31.6 Å². The molecule has 21 heteroatoms. The van der Waals surface area contributed by atoms with Gasteiger partial charge in [0.15, 0.2) is 0 Å². The zero-order chi connectivity index (χ0) is 41.5. The second-order valence-corrected chi connectivity index (χ2v) is 12.4.